The number of amides is 4. The van der Waals surface area contributed by atoms with E-state index in [0.29, 0.717) is 0 Å². The minimum absolute atomic E-state index is 0.166. The summed E-state index contributed by atoms with van der Waals surface area (Å²) in [6.45, 7) is 1.54. The van der Waals surface area contributed by atoms with E-state index in [1.54, 1.807) is 0 Å². The molecule has 4 rings (SSSR count). The molecule has 1 saturated heterocycles. The van der Waals surface area contributed by atoms with E-state index in [4.69, 9.17) is 0 Å². The molecule has 0 bridgehead atoms. The van der Waals surface area contributed by atoms with E-state index < -0.39 is 53.9 Å². The summed E-state index contributed by atoms with van der Waals surface area (Å²) >= 11 is 0. The van der Waals surface area contributed by atoms with Crippen molar-refractivity contribution in [1.29, 1.82) is 0 Å². The van der Waals surface area contributed by atoms with E-state index in [0.717, 1.165) is 11.1 Å². The SMILES string of the molecule is CC1NC(=O)C(Cc2ccccc2)NC(=O)CC(O)C(Cc2ccccc2)NC(=O)C1NC(=O)c1ncccc1O. The summed E-state index contributed by atoms with van der Waals surface area (Å²) in [6, 6.07) is 16.8. The van der Waals surface area contributed by atoms with Crippen molar-refractivity contribution in [3.63, 3.8) is 0 Å². The van der Waals surface area contributed by atoms with E-state index in [-0.39, 0.29) is 30.7 Å². The molecule has 1 aliphatic heterocycles. The highest BCUT2D eigenvalue weighted by molar-refractivity contribution is 5.98. The maximum atomic E-state index is 13.6. The van der Waals surface area contributed by atoms with Crippen molar-refractivity contribution in [2.24, 2.45) is 0 Å². The van der Waals surface area contributed by atoms with Gasteiger partial charge >= 0.3 is 0 Å². The lowest BCUT2D eigenvalue weighted by Crippen LogP contribution is -2.63. The predicted molar refractivity (Wildman–Crippen MR) is 150 cm³/mol. The number of nitrogens with one attached hydrogen (secondary N) is 4. The maximum absolute atomic E-state index is 13.6. The molecule has 0 spiro atoms. The van der Waals surface area contributed by atoms with Gasteiger partial charge in [0.05, 0.1) is 24.6 Å². The van der Waals surface area contributed by atoms with Gasteiger partial charge in [-0.05, 0) is 36.6 Å². The van der Waals surface area contributed by atoms with Gasteiger partial charge < -0.3 is 31.5 Å². The standard InChI is InChI=1S/C30H33N5O6/c1-18-26(35-30(41)27-23(36)13-8-14-31-27)29(40)34-21(15-19-9-4-2-5-10-19)24(37)17-25(38)33-22(28(39)32-18)16-20-11-6-3-7-12-20/h2-14,18,21-22,24,26,36-37H,15-17H2,1H3,(H,32,39)(H,33,38)(H,34,40)(H,35,41). The number of carbonyl (C=O) groups excluding carboxylic acids is 4. The van der Waals surface area contributed by atoms with Gasteiger partial charge in [0.15, 0.2) is 5.69 Å². The second kappa shape index (κ2) is 13.5. The molecule has 11 nitrogen and oxygen atoms in total. The second-order valence-electron chi connectivity index (χ2n) is 10.0. The lowest BCUT2D eigenvalue weighted by molar-refractivity contribution is -0.133. The molecular formula is C30H33N5O6. The highest BCUT2D eigenvalue weighted by Crippen LogP contribution is 2.15. The van der Waals surface area contributed by atoms with Crippen molar-refractivity contribution in [2.75, 3.05) is 0 Å². The molecule has 1 aliphatic rings. The van der Waals surface area contributed by atoms with Crippen LogP contribution in [0.2, 0.25) is 0 Å². The largest absolute Gasteiger partial charge is 0.505 e. The molecule has 6 N–H and O–H groups in total. The van der Waals surface area contributed by atoms with E-state index in [1.807, 2.05) is 60.7 Å². The van der Waals surface area contributed by atoms with Gasteiger partial charge in [0.1, 0.15) is 17.8 Å². The van der Waals surface area contributed by atoms with Crippen molar-refractivity contribution in [2.45, 2.75) is 56.5 Å². The number of aliphatic hydroxyl groups is 1. The summed E-state index contributed by atoms with van der Waals surface area (Å²) in [5, 5.41) is 32.0. The van der Waals surface area contributed by atoms with Crippen molar-refractivity contribution >= 4 is 23.6 Å². The number of hydrogen-bond donors (Lipinski definition) is 6. The van der Waals surface area contributed by atoms with E-state index in [2.05, 4.69) is 26.3 Å². The zero-order chi connectivity index (χ0) is 29.4. The molecule has 0 aliphatic carbocycles. The number of nitrogens with zero attached hydrogens (tertiary/aromatic N) is 1. The van der Waals surface area contributed by atoms with Crippen molar-refractivity contribution in [1.82, 2.24) is 26.3 Å². The van der Waals surface area contributed by atoms with Gasteiger partial charge in [-0.3, -0.25) is 19.2 Å². The lowest BCUT2D eigenvalue weighted by Gasteiger charge is -2.32. The fourth-order valence-corrected chi connectivity index (χ4v) is 4.68. The summed E-state index contributed by atoms with van der Waals surface area (Å²) in [6.07, 6.45) is 0.0243. The molecule has 2 aromatic carbocycles. The highest BCUT2D eigenvalue weighted by atomic mass is 16.3. The summed E-state index contributed by atoms with van der Waals surface area (Å²) < 4.78 is 0. The Kier molecular flexibility index (Phi) is 9.64. The van der Waals surface area contributed by atoms with Crippen LogP contribution in [-0.4, -0.2) is 69.1 Å². The monoisotopic (exact) mass is 559 g/mol. The quantitative estimate of drug-likeness (QED) is 0.257. The zero-order valence-electron chi connectivity index (χ0n) is 22.5. The van der Waals surface area contributed by atoms with Crippen molar-refractivity contribution < 1.29 is 29.4 Å². The Labute approximate surface area is 237 Å². The van der Waals surface area contributed by atoms with E-state index in [1.165, 1.54) is 25.3 Å². The van der Waals surface area contributed by atoms with Crippen molar-refractivity contribution in [3.8, 4) is 5.75 Å². The minimum atomic E-state index is -1.31. The van der Waals surface area contributed by atoms with Gasteiger partial charge in [-0.1, -0.05) is 60.7 Å². The van der Waals surface area contributed by atoms with Gasteiger partial charge in [0.2, 0.25) is 17.7 Å². The fraction of sp³-hybridized carbons (Fsp3) is 0.300. The maximum Gasteiger partial charge on any atom is 0.274 e. The smallest absolute Gasteiger partial charge is 0.274 e. The topological polar surface area (TPSA) is 170 Å². The van der Waals surface area contributed by atoms with Gasteiger partial charge in [-0.25, -0.2) is 4.98 Å². The summed E-state index contributed by atoms with van der Waals surface area (Å²) in [7, 11) is 0. The number of aromatic hydroxyl groups is 1. The predicted octanol–water partition coefficient (Wildman–Crippen LogP) is 0.610. The van der Waals surface area contributed by atoms with E-state index >= 15 is 0 Å². The van der Waals surface area contributed by atoms with Gasteiger partial charge in [0.25, 0.3) is 5.91 Å². The average Bonchev–Trinajstić information content (AvgIpc) is 2.95. The third kappa shape index (κ3) is 7.89. The van der Waals surface area contributed by atoms with Crippen LogP contribution < -0.4 is 21.3 Å². The summed E-state index contributed by atoms with van der Waals surface area (Å²) in [5.74, 6) is -3.02. The molecule has 1 aromatic heterocycles. The first-order valence-corrected chi connectivity index (χ1v) is 13.3. The number of carbonyl (C=O) groups is 4. The Hall–Kier alpha value is -4.77. The first-order valence-electron chi connectivity index (χ1n) is 13.3. The van der Waals surface area contributed by atoms with Gasteiger partial charge in [-0.2, -0.15) is 0 Å². The Morgan fingerprint density at radius 2 is 1.51 bits per heavy atom. The number of pyridine rings is 1. The molecule has 5 atom stereocenters. The van der Waals surface area contributed by atoms with Crippen LogP contribution >= 0.6 is 0 Å². The average molecular weight is 560 g/mol. The second-order valence-corrected chi connectivity index (χ2v) is 10.0. The van der Waals surface area contributed by atoms with Crippen LogP contribution in [0.1, 0.15) is 35.0 Å². The summed E-state index contributed by atoms with van der Waals surface area (Å²) in [4.78, 5) is 56.9. The van der Waals surface area contributed by atoms with Gasteiger partial charge in [-0.15, -0.1) is 0 Å². The number of aromatic nitrogens is 1. The number of rotatable bonds is 6. The van der Waals surface area contributed by atoms with Gasteiger partial charge in [0, 0.05) is 12.6 Å². The normalized spacial score (nSPS) is 23.7. The molecule has 2 heterocycles. The third-order valence-electron chi connectivity index (χ3n) is 6.86. The molecule has 1 fully saturated rings. The Morgan fingerprint density at radius 3 is 2.15 bits per heavy atom. The first kappa shape index (κ1) is 29.2. The molecule has 214 valence electrons. The molecule has 0 saturated carbocycles. The van der Waals surface area contributed by atoms with Crippen LogP contribution in [0.3, 0.4) is 0 Å². The molecule has 41 heavy (non-hydrogen) atoms. The molecular weight excluding hydrogens is 526 g/mol. The number of benzene rings is 2. The van der Waals surface area contributed by atoms with Crippen LogP contribution in [0.5, 0.6) is 5.75 Å². The van der Waals surface area contributed by atoms with Crippen LogP contribution in [0.4, 0.5) is 0 Å². The number of hydrogen-bond acceptors (Lipinski definition) is 7. The Balaban J connectivity index is 1.65. The zero-order valence-corrected chi connectivity index (χ0v) is 22.5. The minimum Gasteiger partial charge on any atom is -0.505 e. The fourth-order valence-electron chi connectivity index (χ4n) is 4.68. The summed E-state index contributed by atoms with van der Waals surface area (Å²) in [5.41, 5.74) is 1.31. The van der Waals surface area contributed by atoms with Crippen LogP contribution in [-0.2, 0) is 27.2 Å². The van der Waals surface area contributed by atoms with Crippen LogP contribution in [0.25, 0.3) is 0 Å². The Bertz CT molecular complexity index is 1370. The third-order valence-corrected chi connectivity index (χ3v) is 6.86. The highest BCUT2D eigenvalue weighted by Gasteiger charge is 2.35. The van der Waals surface area contributed by atoms with Crippen LogP contribution in [0, 0.1) is 0 Å². The molecule has 0 radical (unpaired) electrons. The Morgan fingerprint density at radius 1 is 0.878 bits per heavy atom. The molecule has 5 unspecified atom stereocenters. The first-order chi connectivity index (χ1) is 19.7. The number of aliphatic hydroxyl groups excluding tert-OH is 1. The lowest BCUT2D eigenvalue weighted by atomic mass is 9.96. The van der Waals surface area contributed by atoms with Crippen LogP contribution in [0.15, 0.2) is 79.0 Å². The molecule has 11 heteroatoms. The van der Waals surface area contributed by atoms with E-state index in [9.17, 15) is 29.4 Å². The molecule has 3 aromatic rings. The molecule has 4 amide bonds. The van der Waals surface area contributed by atoms with Crippen molar-refractivity contribution in [3.05, 3.63) is 95.8 Å².